The van der Waals surface area contributed by atoms with Gasteiger partial charge in [0, 0.05) is 30.1 Å². The van der Waals surface area contributed by atoms with Crippen LogP contribution in [-0.2, 0) is 6.42 Å². The van der Waals surface area contributed by atoms with E-state index in [1.54, 1.807) is 6.07 Å². The lowest BCUT2D eigenvalue weighted by Crippen LogP contribution is -2.48. The molecule has 3 aliphatic heterocycles. The lowest BCUT2D eigenvalue weighted by Gasteiger charge is -2.36. The fourth-order valence-electron chi connectivity index (χ4n) is 4.33. The first-order valence-corrected chi connectivity index (χ1v) is 8.69. The highest BCUT2D eigenvalue weighted by molar-refractivity contribution is 6.33. The van der Waals surface area contributed by atoms with Gasteiger partial charge in [0.05, 0.1) is 22.9 Å². The SMILES string of the molecule is CN1C2CCC1CC(NC(=O)c1cc(Cl)c(N)c3c1OCC3)C2. The van der Waals surface area contributed by atoms with Gasteiger partial charge in [-0.3, -0.25) is 4.79 Å². The third-order valence-corrected chi connectivity index (χ3v) is 5.96. The van der Waals surface area contributed by atoms with Crippen LogP contribution in [0.4, 0.5) is 5.69 Å². The molecule has 2 fully saturated rings. The van der Waals surface area contributed by atoms with Gasteiger partial charge in [0.2, 0.25) is 0 Å². The van der Waals surface area contributed by atoms with E-state index >= 15 is 0 Å². The number of nitrogen functional groups attached to an aromatic ring is 1. The average Bonchev–Trinajstić information content (AvgIpc) is 3.06. The van der Waals surface area contributed by atoms with Gasteiger partial charge in [0.1, 0.15) is 5.75 Å². The van der Waals surface area contributed by atoms with Crippen LogP contribution in [0.15, 0.2) is 6.07 Å². The van der Waals surface area contributed by atoms with Gasteiger partial charge in [-0.25, -0.2) is 0 Å². The summed E-state index contributed by atoms with van der Waals surface area (Å²) in [5, 5.41) is 3.62. The zero-order chi connectivity index (χ0) is 16.1. The number of rotatable bonds is 2. The smallest absolute Gasteiger partial charge is 0.255 e. The van der Waals surface area contributed by atoms with E-state index in [9.17, 15) is 4.79 Å². The van der Waals surface area contributed by atoms with Crippen molar-refractivity contribution in [3.8, 4) is 5.75 Å². The number of nitrogens with one attached hydrogen (secondary N) is 1. The Morgan fingerprint density at radius 2 is 2.09 bits per heavy atom. The van der Waals surface area contributed by atoms with E-state index in [4.69, 9.17) is 22.1 Å². The van der Waals surface area contributed by atoms with Crippen LogP contribution in [-0.4, -0.2) is 42.6 Å². The second-order valence-corrected chi connectivity index (χ2v) is 7.33. The largest absolute Gasteiger partial charge is 0.492 e. The molecule has 4 rings (SSSR count). The minimum atomic E-state index is -0.0981. The third kappa shape index (κ3) is 2.46. The summed E-state index contributed by atoms with van der Waals surface area (Å²) in [6.45, 7) is 0.554. The van der Waals surface area contributed by atoms with Crippen LogP contribution in [0.1, 0.15) is 41.6 Å². The van der Waals surface area contributed by atoms with Crippen molar-refractivity contribution in [2.75, 3.05) is 19.4 Å². The Morgan fingerprint density at radius 3 is 2.78 bits per heavy atom. The van der Waals surface area contributed by atoms with Crippen LogP contribution in [0.25, 0.3) is 0 Å². The van der Waals surface area contributed by atoms with E-state index in [0.717, 1.165) is 18.4 Å². The number of halogens is 1. The first-order chi connectivity index (χ1) is 11.0. The summed E-state index contributed by atoms with van der Waals surface area (Å²) in [6.07, 6.45) is 5.22. The summed E-state index contributed by atoms with van der Waals surface area (Å²) in [4.78, 5) is 15.2. The molecule has 2 bridgehead atoms. The van der Waals surface area contributed by atoms with Crippen LogP contribution in [0, 0.1) is 0 Å². The number of anilines is 1. The van der Waals surface area contributed by atoms with Crippen LogP contribution in [0.3, 0.4) is 0 Å². The molecule has 6 heteroatoms. The van der Waals surface area contributed by atoms with E-state index in [1.165, 1.54) is 12.8 Å². The maximum atomic E-state index is 12.7. The van der Waals surface area contributed by atoms with Gasteiger partial charge in [0.25, 0.3) is 5.91 Å². The van der Waals surface area contributed by atoms with Gasteiger partial charge < -0.3 is 20.7 Å². The molecule has 3 heterocycles. The predicted octanol–water partition coefficient (Wildman–Crippen LogP) is 2.21. The molecular weight excluding hydrogens is 314 g/mol. The van der Waals surface area contributed by atoms with Gasteiger partial charge in [-0.1, -0.05) is 11.6 Å². The minimum Gasteiger partial charge on any atom is -0.492 e. The van der Waals surface area contributed by atoms with Crippen LogP contribution in [0.5, 0.6) is 5.75 Å². The van der Waals surface area contributed by atoms with E-state index in [2.05, 4.69) is 17.3 Å². The van der Waals surface area contributed by atoms with Crippen LogP contribution < -0.4 is 15.8 Å². The fourth-order valence-corrected chi connectivity index (χ4v) is 4.55. The van der Waals surface area contributed by atoms with E-state index in [-0.39, 0.29) is 11.9 Å². The van der Waals surface area contributed by atoms with Gasteiger partial charge in [-0.2, -0.15) is 0 Å². The monoisotopic (exact) mass is 335 g/mol. The third-order valence-electron chi connectivity index (χ3n) is 5.65. The van der Waals surface area contributed by atoms with Crippen molar-refractivity contribution < 1.29 is 9.53 Å². The minimum absolute atomic E-state index is 0.0981. The summed E-state index contributed by atoms with van der Waals surface area (Å²) >= 11 is 6.19. The molecular formula is C17H22ClN3O2. The first-order valence-electron chi connectivity index (χ1n) is 8.31. The maximum Gasteiger partial charge on any atom is 0.255 e. The number of benzene rings is 1. The molecule has 0 spiro atoms. The normalized spacial score (nSPS) is 29.2. The van der Waals surface area contributed by atoms with Crippen molar-refractivity contribution in [2.45, 2.75) is 50.2 Å². The summed E-state index contributed by atoms with van der Waals surface area (Å²) in [7, 11) is 2.20. The highest BCUT2D eigenvalue weighted by Gasteiger charge is 2.39. The van der Waals surface area contributed by atoms with Gasteiger partial charge in [0.15, 0.2) is 0 Å². The topological polar surface area (TPSA) is 67.6 Å². The maximum absolute atomic E-state index is 12.7. The van der Waals surface area contributed by atoms with Gasteiger partial charge >= 0.3 is 0 Å². The van der Waals surface area contributed by atoms with Crippen LogP contribution in [0.2, 0.25) is 5.02 Å². The quantitative estimate of drug-likeness (QED) is 0.813. The number of hydrogen-bond acceptors (Lipinski definition) is 4. The fraction of sp³-hybridized carbons (Fsp3) is 0.588. The zero-order valence-electron chi connectivity index (χ0n) is 13.3. The Balaban J connectivity index is 1.55. The molecule has 0 saturated carbocycles. The molecule has 2 atom stereocenters. The Hall–Kier alpha value is -1.46. The standard InChI is InChI=1S/C17H22ClN3O2/c1-21-10-2-3-11(21)7-9(6-10)20-17(22)13-8-14(18)15(19)12-4-5-23-16(12)13/h8-11H,2-7,19H2,1H3,(H,20,22). The number of piperidine rings is 1. The molecule has 1 amide bonds. The number of nitrogens with two attached hydrogens (primary N) is 1. The second-order valence-electron chi connectivity index (χ2n) is 6.92. The average molecular weight is 336 g/mol. The lowest BCUT2D eigenvalue weighted by atomic mass is 9.97. The van der Waals surface area contributed by atoms with Crippen molar-refractivity contribution in [1.29, 1.82) is 0 Å². The molecule has 2 unspecified atom stereocenters. The summed E-state index contributed by atoms with van der Waals surface area (Å²) in [5.74, 6) is 0.513. The van der Waals surface area contributed by atoms with Crippen molar-refractivity contribution in [2.24, 2.45) is 0 Å². The summed E-state index contributed by atoms with van der Waals surface area (Å²) in [6, 6.07) is 3.05. The number of amides is 1. The Morgan fingerprint density at radius 1 is 1.39 bits per heavy atom. The summed E-state index contributed by atoms with van der Waals surface area (Å²) < 4.78 is 5.64. The lowest BCUT2D eigenvalue weighted by molar-refractivity contribution is 0.0879. The molecule has 3 aliphatic rings. The molecule has 3 N–H and O–H groups in total. The molecule has 0 aliphatic carbocycles. The molecule has 23 heavy (non-hydrogen) atoms. The van der Waals surface area contributed by atoms with Crippen LogP contribution >= 0.6 is 11.6 Å². The number of nitrogens with zero attached hydrogens (tertiary/aromatic N) is 1. The second kappa shape index (κ2) is 5.56. The van der Waals surface area contributed by atoms with Crippen molar-refractivity contribution in [1.82, 2.24) is 10.2 Å². The number of carbonyl (C=O) groups excluding carboxylic acids is 1. The first kappa shape index (κ1) is 15.1. The molecule has 5 nitrogen and oxygen atoms in total. The molecule has 0 radical (unpaired) electrons. The number of hydrogen-bond donors (Lipinski definition) is 2. The van der Waals surface area contributed by atoms with E-state index in [0.29, 0.717) is 47.1 Å². The molecule has 1 aromatic rings. The number of ether oxygens (including phenoxy) is 1. The predicted molar refractivity (Wildman–Crippen MR) is 90.1 cm³/mol. The summed E-state index contributed by atoms with van der Waals surface area (Å²) in [5.41, 5.74) is 7.92. The number of fused-ring (bicyclic) bond motifs is 3. The number of carbonyl (C=O) groups is 1. The highest BCUT2D eigenvalue weighted by Crippen LogP contribution is 2.39. The molecule has 124 valence electrons. The molecule has 0 aromatic heterocycles. The van der Waals surface area contributed by atoms with Crippen molar-refractivity contribution >= 4 is 23.2 Å². The zero-order valence-corrected chi connectivity index (χ0v) is 14.0. The van der Waals surface area contributed by atoms with Gasteiger partial charge in [-0.15, -0.1) is 0 Å². The van der Waals surface area contributed by atoms with Crippen molar-refractivity contribution in [3.05, 3.63) is 22.2 Å². The molecule has 1 aromatic carbocycles. The molecule has 2 saturated heterocycles. The Labute approximate surface area is 141 Å². The highest BCUT2D eigenvalue weighted by atomic mass is 35.5. The van der Waals surface area contributed by atoms with E-state index < -0.39 is 0 Å². The Bertz CT molecular complexity index is 650. The van der Waals surface area contributed by atoms with Gasteiger partial charge in [-0.05, 0) is 38.8 Å². The Kier molecular flexibility index (Phi) is 3.65. The van der Waals surface area contributed by atoms with Crippen molar-refractivity contribution in [3.63, 3.8) is 0 Å². The van der Waals surface area contributed by atoms with E-state index in [1.807, 2.05) is 0 Å².